The molecule has 1 aliphatic carbocycles. The number of morpholine rings is 1. The molecule has 34 heavy (non-hydrogen) atoms. The molecule has 0 radical (unpaired) electrons. The first kappa shape index (κ1) is 23.6. The molecule has 0 atom stereocenters. The molecule has 2 amide bonds. The van der Waals surface area contributed by atoms with Gasteiger partial charge in [0.25, 0.3) is 0 Å². The summed E-state index contributed by atoms with van der Waals surface area (Å²) < 4.78 is 10.9. The number of carbonyl (C=O) groups is 2. The van der Waals surface area contributed by atoms with Gasteiger partial charge in [-0.2, -0.15) is 0 Å². The van der Waals surface area contributed by atoms with E-state index in [2.05, 4.69) is 20.9 Å². The van der Waals surface area contributed by atoms with Crippen molar-refractivity contribution in [2.75, 3.05) is 49.7 Å². The zero-order valence-corrected chi connectivity index (χ0v) is 21.2. The van der Waals surface area contributed by atoms with E-state index in [4.69, 9.17) is 9.47 Å². The second-order valence-electron chi connectivity index (χ2n) is 8.76. The fourth-order valence-corrected chi connectivity index (χ4v) is 7.64. The van der Waals surface area contributed by atoms with Gasteiger partial charge in [-0.25, -0.2) is 9.59 Å². The van der Waals surface area contributed by atoms with Crippen molar-refractivity contribution in [2.45, 2.75) is 52.1 Å². The molecule has 5 rings (SSSR count). The molecular weight excluding hydrogens is 472 g/mol. The average Bonchev–Trinajstić information content (AvgIpc) is 3.41. The average molecular weight is 505 g/mol. The molecule has 0 spiro atoms. The van der Waals surface area contributed by atoms with Gasteiger partial charge in [0.1, 0.15) is 5.00 Å². The molecule has 8 nitrogen and oxygen atoms in total. The van der Waals surface area contributed by atoms with E-state index in [1.807, 2.05) is 11.3 Å². The van der Waals surface area contributed by atoms with Crippen LogP contribution in [0.5, 0.6) is 0 Å². The van der Waals surface area contributed by atoms with Crippen molar-refractivity contribution >= 4 is 44.7 Å². The number of thiophene rings is 2. The number of nitrogens with one attached hydrogen (secondary N) is 3. The molecule has 3 aliphatic rings. The van der Waals surface area contributed by atoms with Crippen molar-refractivity contribution in [1.82, 2.24) is 10.6 Å². The quantitative estimate of drug-likeness (QED) is 0.520. The van der Waals surface area contributed by atoms with E-state index < -0.39 is 0 Å². The van der Waals surface area contributed by atoms with Crippen LogP contribution in [0, 0.1) is 0 Å². The zero-order valence-electron chi connectivity index (χ0n) is 19.6. The molecule has 0 unspecified atom stereocenters. The Balaban J connectivity index is 1.33. The van der Waals surface area contributed by atoms with Crippen LogP contribution in [0.2, 0.25) is 0 Å². The number of hydrogen-bond acceptors (Lipinski definition) is 8. The summed E-state index contributed by atoms with van der Waals surface area (Å²) in [5, 5.41) is 11.4. The van der Waals surface area contributed by atoms with E-state index in [0.717, 1.165) is 77.1 Å². The Morgan fingerprint density at radius 2 is 1.91 bits per heavy atom. The number of esters is 1. The van der Waals surface area contributed by atoms with Gasteiger partial charge in [-0.05, 0) is 56.7 Å². The number of amides is 2. The van der Waals surface area contributed by atoms with Crippen LogP contribution in [-0.4, -0.2) is 51.5 Å². The van der Waals surface area contributed by atoms with Crippen LogP contribution >= 0.6 is 22.7 Å². The number of fused-ring (bicyclic) bond motifs is 2. The third-order valence-corrected chi connectivity index (χ3v) is 9.16. The SMILES string of the molecule is CCOC(=O)c1c(NC(=O)NCc2c(N3CCOCC3)sc3c2CCNC3)sc2c1CCCC2. The number of anilines is 2. The maximum Gasteiger partial charge on any atom is 0.341 e. The fraction of sp³-hybridized carbons (Fsp3) is 0.583. The number of nitrogens with zero attached hydrogens (tertiary/aromatic N) is 1. The Hall–Kier alpha value is -2.14. The van der Waals surface area contributed by atoms with E-state index in [0.29, 0.717) is 23.7 Å². The summed E-state index contributed by atoms with van der Waals surface area (Å²) in [7, 11) is 0. The van der Waals surface area contributed by atoms with Gasteiger partial charge in [-0.1, -0.05) is 0 Å². The van der Waals surface area contributed by atoms with Crippen LogP contribution in [0.1, 0.15) is 56.6 Å². The topological polar surface area (TPSA) is 91.9 Å². The Bertz CT molecular complexity index is 1060. The zero-order chi connectivity index (χ0) is 23.5. The molecule has 0 aromatic carbocycles. The van der Waals surface area contributed by atoms with E-state index >= 15 is 0 Å². The summed E-state index contributed by atoms with van der Waals surface area (Å²) in [6, 6.07) is -0.286. The van der Waals surface area contributed by atoms with Crippen molar-refractivity contribution in [3.63, 3.8) is 0 Å². The second-order valence-corrected chi connectivity index (χ2v) is 10.9. The number of hydrogen-bond donors (Lipinski definition) is 3. The van der Waals surface area contributed by atoms with Crippen LogP contribution in [0.3, 0.4) is 0 Å². The minimum absolute atomic E-state index is 0.286. The van der Waals surface area contributed by atoms with Gasteiger partial charge < -0.3 is 25.0 Å². The first-order chi connectivity index (χ1) is 16.7. The van der Waals surface area contributed by atoms with Gasteiger partial charge in [0.05, 0.1) is 30.4 Å². The molecule has 0 bridgehead atoms. The summed E-state index contributed by atoms with van der Waals surface area (Å²) in [4.78, 5) is 30.6. The first-order valence-electron chi connectivity index (χ1n) is 12.2. The number of rotatable bonds is 6. The highest BCUT2D eigenvalue weighted by molar-refractivity contribution is 7.17. The van der Waals surface area contributed by atoms with Crippen LogP contribution < -0.4 is 20.9 Å². The van der Waals surface area contributed by atoms with Gasteiger partial charge in [-0.3, -0.25) is 5.32 Å². The predicted molar refractivity (Wildman–Crippen MR) is 136 cm³/mol. The van der Waals surface area contributed by atoms with E-state index in [-0.39, 0.29) is 12.0 Å². The third-order valence-electron chi connectivity index (χ3n) is 6.62. The van der Waals surface area contributed by atoms with E-state index in [1.54, 1.807) is 6.92 Å². The lowest BCUT2D eigenvalue weighted by atomic mass is 9.95. The van der Waals surface area contributed by atoms with Crippen LogP contribution in [0.25, 0.3) is 0 Å². The molecule has 184 valence electrons. The Morgan fingerprint density at radius 3 is 2.74 bits per heavy atom. The molecule has 0 saturated carbocycles. The fourth-order valence-electron chi connectivity index (χ4n) is 4.98. The molecule has 10 heteroatoms. The monoisotopic (exact) mass is 504 g/mol. The lowest BCUT2D eigenvalue weighted by Crippen LogP contribution is -2.37. The summed E-state index contributed by atoms with van der Waals surface area (Å²) in [5.41, 5.74) is 4.18. The molecule has 2 aromatic rings. The summed E-state index contributed by atoms with van der Waals surface area (Å²) >= 11 is 3.35. The van der Waals surface area contributed by atoms with Crippen molar-refractivity contribution in [3.8, 4) is 0 Å². The van der Waals surface area contributed by atoms with Gasteiger partial charge in [0.2, 0.25) is 0 Å². The third kappa shape index (κ3) is 4.82. The molecule has 2 aliphatic heterocycles. The normalized spacial score (nSPS) is 17.6. The summed E-state index contributed by atoms with van der Waals surface area (Å²) in [6.45, 7) is 7.62. The van der Waals surface area contributed by atoms with Crippen molar-refractivity contribution in [2.24, 2.45) is 0 Å². The van der Waals surface area contributed by atoms with Crippen LogP contribution in [-0.2, 0) is 41.8 Å². The number of aryl methyl sites for hydroxylation is 1. The molecule has 3 N–H and O–H groups in total. The Morgan fingerprint density at radius 1 is 1.09 bits per heavy atom. The highest BCUT2D eigenvalue weighted by atomic mass is 32.1. The maximum atomic E-state index is 13.0. The first-order valence-corrected chi connectivity index (χ1v) is 13.8. The standard InChI is InChI=1S/C24H32N4O4S2/c1-2-32-23(29)20-16-5-3-4-6-18(16)33-21(20)27-24(30)26-13-17-15-7-8-25-14-19(15)34-22(17)28-9-11-31-12-10-28/h25H,2-14H2,1H3,(H2,26,27,30). The van der Waals surface area contributed by atoms with Crippen molar-refractivity contribution in [1.29, 1.82) is 0 Å². The molecular formula is C24H32N4O4S2. The Labute approximate surface area is 208 Å². The van der Waals surface area contributed by atoms with E-state index in [1.165, 1.54) is 37.2 Å². The lowest BCUT2D eigenvalue weighted by Gasteiger charge is -2.29. The minimum Gasteiger partial charge on any atom is -0.462 e. The smallest absolute Gasteiger partial charge is 0.341 e. The number of carbonyl (C=O) groups excluding carboxylic acids is 2. The highest BCUT2D eigenvalue weighted by Crippen LogP contribution is 2.40. The largest absolute Gasteiger partial charge is 0.462 e. The molecule has 1 fully saturated rings. The van der Waals surface area contributed by atoms with Gasteiger partial charge in [-0.15, -0.1) is 22.7 Å². The Kier molecular flexibility index (Phi) is 7.38. The maximum absolute atomic E-state index is 13.0. The van der Waals surface area contributed by atoms with Crippen molar-refractivity contribution < 1.29 is 19.1 Å². The van der Waals surface area contributed by atoms with Gasteiger partial charge in [0, 0.05) is 41.5 Å². The highest BCUT2D eigenvalue weighted by Gasteiger charge is 2.28. The summed E-state index contributed by atoms with van der Waals surface area (Å²) in [6.07, 6.45) is 4.96. The molecule has 4 heterocycles. The lowest BCUT2D eigenvalue weighted by molar-refractivity contribution is 0.0526. The van der Waals surface area contributed by atoms with Crippen LogP contribution in [0.15, 0.2) is 0 Å². The van der Waals surface area contributed by atoms with Crippen molar-refractivity contribution in [3.05, 3.63) is 32.0 Å². The number of urea groups is 1. The molecule has 1 saturated heterocycles. The van der Waals surface area contributed by atoms with Gasteiger partial charge >= 0.3 is 12.0 Å². The second kappa shape index (κ2) is 10.6. The number of ether oxygens (including phenoxy) is 2. The summed E-state index contributed by atoms with van der Waals surface area (Å²) in [5.74, 6) is -0.341. The predicted octanol–water partition coefficient (Wildman–Crippen LogP) is 3.67. The minimum atomic E-state index is -0.341. The van der Waals surface area contributed by atoms with E-state index in [9.17, 15) is 9.59 Å². The van der Waals surface area contributed by atoms with Gasteiger partial charge in [0.15, 0.2) is 0 Å². The van der Waals surface area contributed by atoms with Crippen LogP contribution in [0.4, 0.5) is 14.8 Å². The molecule has 2 aromatic heterocycles.